The lowest BCUT2D eigenvalue weighted by atomic mass is 10.1. The second-order valence-corrected chi connectivity index (χ2v) is 10.1. The van der Waals surface area contributed by atoms with Crippen LogP contribution >= 0.6 is 0 Å². The van der Waals surface area contributed by atoms with E-state index in [1.165, 1.54) is 0 Å². The molecule has 0 unspecified atom stereocenters. The molecule has 2 aromatic heterocycles. The molecule has 0 saturated carbocycles. The Balaban J connectivity index is 1.50. The zero-order chi connectivity index (χ0) is 25.2. The second kappa shape index (κ2) is 10.1. The molecule has 3 heterocycles. The molecular formula is C29H34N6O. The number of amides is 1. The van der Waals surface area contributed by atoms with E-state index in [0.29, 0.717) is 12.5 Å². The number of rotatable bonds is 5. The van der Waals surface area contributed by atoms with Crippen LogP contribution in [0.1, 0.15) is 47.7 Å². The van der Waals surface area contributed by atoms with E-state index in [9.17, 15) is 4.79 Å². The Morgan fingerprint density at radius 3 is 2.39 bits per heavy atom. The Labute approximate surface area is 212 Å². The van der Waals surface area contributed by atoms with Crippen LogP contribution in [0.5, 0.6) is 0 Å². The Kier molecular flexibility index (Phi) is 6.72. The van der Waals surface area contributed by atoms with Crippen molar-refractivity contribution >= 4 is 22.8 Å². The minimum absolute atomic E-state index is 0.0956. The molecule has 186 valence electrons. The summed E-state index contributed by atoms with van der Waals surface area (Å²) in [7, 11) is 0. The molecule has 0 N–H and O–H groups in total. The third kappa shape index (κ3) is 4.83. The van der Waals surface area contributed by atoms with Crippen molar-refractivity contribution in [3.05, 3.63) is 77.2 Å². The quantitative estimate of drug-likeness (QED) is 0.401. The van der Waals surface area contributed by atoms with Gasteiger partial charge in [-0.1, -0.05) is 49.7 Å². The molecule has 1 fully saturated rings. The lowest BCUT2D eigenvalue weighted by molar-refractivity contribution is 0.0767. The highest BCUT2D eigenvalue weighted by atomic mass is 16.2. The number of nitrogens with zero attached hydrogens (tertiary/aromatic N) is 6. The van der Waals surface area contributed by atoms with Crippen LogP contribution < -0.4 is 4.90 Å². The average Bonchev–Trinajstić information content (AvgIpc) is 3.04. The van der Waals surface area contributed by atoms with Crippen LogP contribution in [0.15, 0.2) is 54.6 Å². The number of hydrogen-bond acceptors (Lipinski definition) is 5. The van der Waals surface area contributed by atoms with Crippen LogP contribution in [-0.4, -0.2) is 56.7 Å². The maximum atomic E-state index is 13.2. The SMILES string of the molecule is Cc1ccc(C(=O)N2CCCN(c3nc(CC(C)C)nc4c3c(C)nn4-c3ccccc3)CC2)cc1. The van der Waals surface area contributed by atoms with Crippen LogP contribution in [0, 0.1) is 19.8 Å². The first-order valence-corrected chi connectivity index (χ1v) is 12.8. The number of fused-ring (bicyclic) bond motifs is 1. The lowest BCUT2D eigenvalue weighted by Gasteiger charge is -2.24. The summed E-state index contributed by atoms with van der Waals surface area (Å²) in [5, 5.41) is 5.86. The van der Waals surface area contributed by atoms with E-state index in [4.69, 9.17) is 15.1 Å². The van der Waals surface area contributed by atoms with Gasteiger partial charge in [0.05, 0.1) is 16.8 Å². The topological polar surface area (TPSA) is 67.2 Å². The molecule has 7 nitrogen and oxygen atoms in total. The molecule has 0 atom stereocenters. The van der Waals surface area contributed by atoms with E-state index in [0.717, 1.165) is 77.7 Å². The van der Waals surface area contributed by atoms with Crippen molar-refractivity contribution in [2.45, 2.75) is 40.5 Å². The van der Waals surface area contributed by atoms with Gasteiger partial charge >= 0.3 is 0 Å². The fourth-order valence-electron chi connectivity index (χ4n) is 4.85. The first-order chi connectivity index (χ1) is 17.4. The molecule has 7 heteroatoms. The molecule has 0 aliphatic carbocycles. The van der Waals surface area contributed by atoms with Gasteiger partial charge in [0, 0.05) is 38.2 Å². The third-order valence-electron chi connectivity index (χ3n) is 6.70. The summed E-state index contributed by atoms with van der Waals surface area (Å²) in [6, 6.07) is 18.0. The van der Waals surface area contributed by atoms with Gasteiger partial charge in [-0.3, -0.25) is 4.79 Å². The predicted molar refractivity (Wildman–Crippen MR) is 144 cm³/mol. The number of aromatic nitrogens is 4. The van der Waals surface area contributed by atoms with Crippen LogP contribution in [0.2, 0.25) is 0 Å². The monoisotopic (exact) mass is 482 g/mol. The number of aryl methyl sites for hydroxylation is 2. The zero-order valence-electron chi connectivity index (χ0n) is 21.6. The Morgan fingerprint density at radius 1 is 0.917 bits per heavy atom. The van der Waals surface area contributed by atoms with Crippen LogP contribution in [0.3, 0.4) is 0 Å². The summed E-state index contributed by atoms with van der Waals surface area (Å²) in [6.45, 7) is 11.4. The van der Waals surface area contributed by atoms with E-state index in [1.54, 1.807) is 0 Å². The van der Waals surface area contributed by atoms with Crippen LogP contribution in [0.4, 0.5) is 5.82 Å². The summed E-state index contributed by atoms with van der Waals surface area (Å²) in [4.78, 5) is 27.5. The third-order valence-corrected chi connectivity index (χ3v) is 6.70. The van der Waals surface area contributed by atoms with E-state index >= 15 is 0 Å². The smallest absolute Gasteiger partial charge is 0.253 e. The molecule has 0 spiro atoms. The van der Waals surface area contributed by atoms with Crippen LogP contribution in [0.25, 0.3) is 16.7 Å². The molecular weight excluding hydrogens is 448 g/mol. The lowest BCUT2D eigenvalue weighted by Crippen LogP contribution is -2.35. The van der Waals surface area contributed by atoms with Gasteiger partial charge in [0.15, 0.2) is 5.65 Å². The van der Waals surface area contributed by atoms with Gasteiger partial charge in [0.25, 0.3) is 5.91 Å². The van der Waals surface area contributed by atoms with Crippen molar-refractivity contribution in [1.29, 1.82) is 0 Å². The maximum Gasteiger partial charge on any atom is 0.253 e. The van der Waals surface area contributed by atoms with Gasteiger partial charge < -0.3 is 9.80 Å². The fraction of sp³-hybridized carbons (Fsp3) is 0.379. The normalized spacial score (nSPS) is 14.5. The van der Waals surface area contributed by atoms with Crippen molar-refractivity contribution in [1.82, 2.24) is 24.6 Å². The average molecular weight is 483 g/mol. The molecule has 4 aromatic rings. The van der Waals surface area contributed by atoms with Crippen LogP contribution in [-0.2, 0) is 6.42 Å². The zero-order valence-corrected chi connectivity index (χ0v) is 21.6. The van der Waals surface area contributed by atoms with Gasteiger partial charge in [-0.2, -0.15) is 5.10 Å². The number of para-hydroxylation sites is 1. The second-order valence-electron chi connectivity index (χ2n) is 10.1. The largest absolute Gasteiger partial charge is 0.354 e. The minimum Gasteiger partial charge on any atom is -0.354 e. The molecule has 36 heavy (non-hydrogen) atoms. The molecule has 2 aromatic carbocycles. The van der Waals surface area contributed by atoms with Crippen molar-refractivity contribution < 1.29 is 4.79 Å². The molecule has 1 saturated heterocycles. The first kappa shape index (κ1) is 24.0. The summed E-state index contributed by atoms with van der Waals surface area (Å²) in [5.41, 5.74) is 4.65. The molecule has 0 bridgehead atoms. The number of carbonyl (C=O) groups excluding carboxylic acids is 1. The summed E-state index contributed by atoms with van der Waals surface area (Å²) in [6.07, 6.45) is 1.68. The highest BCUT2D eigenvalue weighted by Crippen LogP contribution is 2.30. The Morgan fingerprint density at radius 2 is 1.67 bits per heavy atom. The first-order valence-electron chi connectivity index (χ1n) is 12.8. The van der Waals surface area contributed by atoms with Gasteiger partial charge in [-0.15, -0.1) is 0 Å². The minimum atomic E-state index is 0.0956. The molecule has 1 aliphatic heterocycles. The van der Waals surface area contributed by atoms with Gasteiger partial charge in [-0.25, -0.2) is 14.6 Å². The number of benzene rings is 2. The highest BCUT2D eigenvalue weighted by Gasteiger charge is 2.25. The molecule has 0 radical (unpaired) electrons. The van der Waals surface area contributed by atoms with E-state index in [1.807, 2.05) is 65.9 Å². The predicted octanol–water partition coefficient (Wildman–Crippen LogP) is 4.98. The van der Waals surface area contributed by atoms with E-state index < -0.39 is 0 Å². The highest BCUT2D eigenvalue weighted by molar-refractivity contribution is 5.94. The van der Waals surface area contributed by atoms with Crippen molar-refractivity contribution in [2.75, 3.05) is 31.1 Å². The molecule has 1 amide bonds. The van der Waals surface area contributed by atoms with Crippen molar-refractivity contribution in [2.24, 2.45) is 5.92 Å². The van der Waals surface area contributed by atoms with E-state index in [2.05, 4.69) is 30.9 Å². The van der Waals surface area contributed by atoms with Crippen molar-refractivity contribution in [3.63, 3.8) is 0 Å². The summed E-state index contributed by atoms with van der Waals surface area (Å²) in [5.74, 6) is 2.30. The summed E-state index contributed by atoms with van der Waals surface area (Å²) >= 11 is 0. The Bertz CT molecular complexity index is 1360. The number of carbonyl (C=O) groups is 1. The number of hydrogen-bond donors (Lipinski definition) is 0. The van der Waals surface area contributed by atoms with E-state index in [-0.39, 0.29) is 5.91 Å². The van der Waals surface area contributed by atoms with Crippen molar-refractivity contribution in [3.8, 4) is 5.69 Å². The maximum absolute atomic E-state index is 13.2. The summed E-state index contributed by atoms with van der Waals surface area (Å²) < 4.78 is 1.94. The van der Waals surface area contributed by atoms with Gasteiger partial charge in [0.2, 0.25) is 0 Å². The van der Waals surface area contributed by atoms with Gasteiger partial charge in [-0.05, 0) is 50.5 Å². The standard InChI is InChI=1S/C29H34N6O/c1-20(2)19-25-30-27(26-22(4)32-35(28(26)31-25)24-9-6-5-7-10-24)33-15-8-16-34(18-17-33)29(36)23-13-11-21(3)12-14-23/h5-7,9-14,20H,8,15-19H2,1-4H3. The molecule has 1 aliphatic rings. The number of anilines is 1. The van der Waals surface area contributed by atoms with Gasteiger partial charge in [0.1, 0.15) is 11.6 Å². The molecule has 5 rings (SSSR count). The Hall–Kier alpha value is -3.74. The fourth-order valence-corrected chi connectivity index (χ4v) is 4.85.